The molecule has 1 aromatic carbocycles. The Balaban J connectivity index is 2.09. The van der Waals surface area contributed by atoms with E-state index in [4.69, 9.17) is 4.74 Å². The summed E-state index contributed by atoms with van der Waals surface area (Å²) >= 11 is 1.53. The van der Waals surface area contributed by atoms with Crippen molar-refractivity contribution in [2.45, 2.75) is 115 Å². The first-order chi connectivity index (χ1) is 21.0. The molecule has 45 heavy (non-hydrogen) atoms. The van der Waals surface area contributed by atoms with Crippen molar-refractivity contribution in [3.8, 4) is 0 Å². The number of alkyl carbamates (subject to hydrolysis) is 1. The van der Waals surface area contributed by atoms with Crippen molar-refractivity contribution in [1.29, 1.82) is 0 Å². The van der Waals surface area contributed by atoms with Crippen LogP contribution < -0.4 is 21.3 Å². The number of likely N-dealkylation sites (tertiary alicyclic amines) is 1. The fourth-order valence-electron chi connectivity index (χ4n) is 4.89. The molecule has 1 heterocycles. The first kappa shape index (κ1) is 38.2. The topological polar surface area (TPSA) is 169 Å². The van der Waals surface area contributed by atoms with E-state index in [1.807, 2.05) is 36.6 Å². The van der Waals surface area contributed by atoms with Crippen LogP contribution in [0.25, 0.3) is 0 Å². The Morgan fingerprint density at radius 2 is 1.58 bits per heavy atom. The molecule has 1 aliphatic rings. The fourth-order valence-corrected chi connectivity index (χ4v) is 5.36. The highest BCUT2D eigenvalue weighted by Gasteiger charge is 2.32. The number of nitrogens with one attached hydrogen (secondary N) is 4. The molecule has 12 nitrogen and oxygen atoms in total. The quantitative estimate of drug-likeness (QED) is 0.178. The molecule has 0 saturated carbocycles. The zero-order valence-corrected chi connectivity index (χ0v) is 28.5. The molecule has 5 amide bonds. The van der Waals surface area contributed by atoms with E-state index in [1.165, 1.54) is 11.8 Å². The number of thioether (sulfide) groups is 1. The fraction of sp³-hybridized carbons (Fsp3) is 0.688. The molecule has 0 bridgehead atoms. The predicted octanol–water partition coefficient (Wildman–Crippen LogP) is 2.56. The Bertz CT molecular complexity index is 1100. The van der Waals surface area contributed by atoms with Crippen molar-refractivity contribution in [2.24, 2.45) is 0 Å². The van der Waals surface area contributed by atoms with E-state index in [1.54, 1.807) is 46.4 Å². The third kappa shape index (κ3) is 14.7. The van der Waals surface area contributed by atoms with E-state index >= 15 is 0 Å². The zero-order valence-electron chi connectivity index (χ0n) is 27.7. The lowest BCUT2D eigenvalue weighted by atomic mass is 9.97. The number of rotatable bonds is 14. The van der Waals surface area contributed by atoms with Crippen molar-refractivity contribution in [3.63, 3.8) is 0 Å². The van der Waals surface area contributed by atoms with Crippen LogP contribution in [0.2, 0.25) is 0 Å². The van der Waals surface area contributed by atoms with Gasteiger partial charge in [-0.2, -0.15) is 11.8 Å². The summed E-state index contributed by atoms with van der Waals surface area (Å²) in [5, 5.41) is 31.9. The van der Waals surface area contributed by atoms with E-state index in [-0.39, 0.29) is 18.9 Å². The molecule has 0 spiro atoms. The molecule has 1 fully saturated rings. The van der Waals surface area contributed by atoms with E-state index in [9.17, 15) is 29.4 Å². The summed E-state index contributed by atoms with van der Waals surface area (Å²) in [7, 11) is 0. The lowest BCUT2D eigenvalue weighted by Gasteiger charge is -2.34. The van der Waals surface area contributed by atoms with Gasteiger partial charge < -0.3 is 41.1 Å². The van der Waals surface area contributed by atoms with Gasteiger partial charge in [0.05, 0.1) is 17.7 Å². The molecular formula is C32H53N5O7S. The lowest BCUT2D eigenvalue weighted by molar-refractivity contribution is -0.130. The zero-order chi connectivity index (χ0) is 33.8. The second-order valence-corrected chi connectivity index (χ2v) is 14.3. The first-order valence-electron chi connectivity index (χ1n) is 15.6. The van der Waals surface area contributed by atoms with Crippen LogP contribution in [0.15, 0.2) is 30.3 Å². The second kappa shape index (κ2) is 17.6. The van der Waals surface area contributed by atoms with Crippen LogP contribution in [0.4, 0.5) is 9.59 Å². The van der Waals surface area contributed by atoms with Gasteiger partial charge in [0, 0.05) is 32.0 Å². The molecule has 1 aliphatic heterocycles. The van der Waals surface area contributed by atoms with E-state index in [2.05, 4.69) is 21.3 Å². The molecule has 0 unspecified atom stereocenters. The Morgan fingerprint density at radius 3 is 2.13 bits per heavy atom. The van der Waals surface area contributed by atoms with Gasteiger partial charge in [-0.25, -0.2) is 9.59 Å². The Labute approximate surface area is 271 Å². The van der Waals surface area contributed by atoms with Crippen LogP contribution in [0.3, 0.4) is 0 Å². The average Bonchev–Trinajstić information content (AvgIpc) is 2.93. The average molecular weight is 652 g/mol. The molecule has 6 N–H and O–H groups in total. The Hall–Kier alpha value is -3.03. The molecule has 0 aliphatic carbocycles. The highest BCUT2D eigenvalue weighted by molar-refractivity contribution is 7.98. The number of benzene rings is 1. The number of carbonyl (C=O) groups excluding carboxylic acids is 4. The van der Waals surface area contributed by atoms with Crippen molar-refractivity contribution < 1.29 is 34.1 Å². The molecule has 0 aromatic heterocycles. The van der Waals surface area contributed by atoms with Gasteiger partial charge in [0.2, 0.25) is 11.8 Å². The van der Waals surface area contributed by atoms with Gasteiger partial charge in [0.1, 0.15) is 17.7 Å². The maximum absolute atomic E-state index is 13.7. The minimum absolute atomic E-state index is 0.0653. The molecule has 1 aromatic rings. The molecule has 13 heteroatoms. The van der Waals surface area contributed by atoms with Crippen LogP contribution in [-0.4, -0.2) is 106 Å². The number of carbonyl (C=O) groups is 4. The van der Waals surface area contributed by atoms with Gasteiger partial charge in [-0.3, -0.25) is 9.59 Å². The number of hydrogen-bond donors (Lipinski definition) is 6. The van der Waals surface area contributed by atoms with Gasteiger partial charge in [-0.15, -0.1) is 0 Å². The van der Waals surface area contributed by atoms with Gasteiger partial charge in [0.15, 0.2) is 0 Å². The van der Waals surface area contributed by atoms with E-state index < -0.39 is 59.4 Å². The largest absolute Gasteiger partial charge is 0.444 e. The van der Waals surface area contributed by atoms with Crippen LogP contribution in [0, 0.1) is 0 Å². The third-order valence-corrected chi connectivity index (χ3v) is 7.94. The summed E-state index contributed by atoms with van der Waals surface area (Å²) in [6.07, 6.45) is 2.12. The minimum atomic E-state index is -1.11. The maximum Gasteiger partial charge on any atom is 0.407 e. The van der Waals surface area contributed by atoms with Crippen molar-refractivity contribution in [2.75, 3.05) is 25.1 Å². The Morgan fingerprint density at radius 1 is 0.978 bits per heavy atom. The molecule has 2 rings (SSSR count). The summed E-state index contributed by atoms with van der Waals surface area (Å²) in [6.45, 7) is 11.0. The lowest BCUT2D eigenvalue weighted by Crippen LogP contribution is -2.58. The molecule has 1 saturated heterocycles. The van der Waals surface area contributed by atoms with Crippen molar-refractivity contribution in [1.82, 2.24) is 26.2 Å². The molecule has 4 atom stereocenters. The van der Waals surface area contributed by atoms with Crippen LogP contribution >= 0.6 is 11.8 Å². The number of hydrogen-bond acceptors (Lipinski definition) is 8. The van der Waals surface area contributed by atoms with Crippen molar-refractivity contribution >= 4 is 35.7 Å². The monoisotopic (exact) mass is 651 g/mol. The normalized spacial score (nSPS) is 17.0. The number of urea groups is 1. The smallest absolute Gasteiger partial charge is 0.407 e. The summed E-state index contributed by atoms with van der Waals surface area (Å²) in [4.78, 5) is 54.0. The number of nitrogens with zero attached hydrogens (tertiary/aromatic N) is 1. The summed E-state index contributed by atoms with van der Waals surface area (Å²) in [5.74, 6) is -0.357. The van der Waals surface area contributed by atoms with Crippen LogP contribution in [0.1, 0.15) is 72.8 Å². The summed E-state index contributed by atoms with van der Waals surface area (Å²) < 4.78 is 5.34. The number of amides is 5. The molecular weight excluding hydrogens is 598 g/mol. The van der Waals surface area contributed by atoms with Crippen molar-refractivity contribution in [3.05, 3.63) is 35.9 Å². The maximum atomic E-state index is 13.7. The molecule has 254 valence electrons. The number of piperidine rings is 1. The molecule has 0 radical (unpaired) electrons. The van der Waals surface area contributed by atoms with Gasteiger partial charge >= 0.3 is 12.1 Å². The van der Waals surface area contributed by atoms with Gasteiger partial charge in [0.25, 0.3) is 0 Å². The van der Waals surface area contributed by atoms with Gasteiger partial charge in [-0.05, 0) is 78.4 Å². The minimum Gasteiger partial charge on any atom is -0.444 e. The van der Waals surface area contributed by atoms with Crippen LogP contribution in [0.5, 0.6) is 0 Å². The highest BCUT2D eigenvalue weighted by Crippen LogP contribution is 2.15. The van der Waals surface area contributed by atoms with E-state index in [0.717, 1.165) is 5.56 Å². The number of aliphatic hydroxyl groups is 2. The Kier molecular flexibility index (Phi) is 14.9. The highest BCUT2D eigenvalue weighted by atomic mass is 32.2. The van der Waals surface area contributed by atoms with E-state index in [0.29, 0.717) is 38.1 Å². The summed E-state index contributed by atoms with van der Waals surface area (Å²) in [5.41, 5.74) is -0.880. The number of aliphatic hydroxyl groups excluding tert-OH is 1. The number of ether oxygens (including phenoxy) is 1. The third-order valence-electron chi connectivity index (χ3n) is 7.30. The summed E-state index contributed by atoms with van der Waals surface area (Å²) in [6, 6.07) is 6.24. The SMILES string of the molecule is CSCC[C@H](NC(=O)[C@H](Cc1ccccc1)NC(=O)N1CCC(NC(=O)OC(C)(C)C)CC1)C(=O)N[C@@H](C)[C@@H](O)CC(C)(C)O. The predicted molar refractivity (Wildman–Crippen MR) is 176 cm³/mol. The second-order valence-electron chi connectivity index (χ2n) is 13.3. The standard InChI is InChI=1S/C32H53N5O7S/c1-21(26(38)20-32(5,6)43)33-27(39)24(15-18-45-7)35-28(40)25(19-22-11-9-8-10-12-22)36-29(41)37-16-13-23(14-17-37)34-30(42)44-31(2,3)4/h8-12,21,23-26,38,43H,13-20H2,1-7H3,(H,33,39)(H,34,42)(H,35,40)(H,36,41)/t21-,24-,25-,26-/m0/s1. The van der Waals surface area contributed by atoms with Gasteiger partial charge in [-0.1, -0.05) is 30.3 Å². The first-order valence-corrected chi connectivity index (χ1v) is 17.0. The van der Waals surface area contributed by atoms with Crippen LogP contribution in [-0.2, 0) is 20.7 Å².